The van der Waals surface area contributed by atoms with Crippen molar-refractivity contribution >= 4 is 11.8 Å². The van der Waals surface area contributed by atoms with Gasteiger partial charge >= 0.3 is 5.88 Å². The number of nitro groups is 1. The number of rotatable bonds is 3. The van der Waals surface area contributed by atoms with Crippen LogP contribution < -0.4 is 5.73 Å². The van der Waals surface area contributed by atoms with Crippen LogP contribution in [0, 0.1) is 10.1 Å². The van der Waals surface area contributed by atoms with Gasteiger partial charge in [-0.2, -0.15) is 0 Å². The molecule has 1 aromatic heterocycles. The quantitative estimate of drug-likeness (QED) is 0.644. The predicted molar refractivity (Wildman–Crippen MR) is 62.7 cm³/mol. The first kappa shape index (κ1) is 12.6. The average molecular weight is 253 g/mol. The maximum absolute atomic E-state index is 11.8. The third-order valence-electron chi connectivity index (χ3n) is 3.18. The van der Waals surface area contributed by atoms with Crippen molar-refractivity contribution in [2.45, 2.75) is 31.8 Å². The minimum absolute atomic E-state index is 0.00301. The lowest BCUT2D eigenvalue weighted by atomic mass is 9.94. The molecule has 0 bridgehead atoms. The minimum Gasteiger partial charge on any atom is -0.404 e. The van der Waals surface area contributed by atoms with Gasteiger partial charge in [0.1, 0.15) is 16.7 Å². The molecule has 1 aliphatic rings. The molecule has 0 spiro atoms. The van der Waals surface area contributed by atoms with E-state index in [1.807, 2.05) is 6.92 Å². The van der Waals surface area contributed by atoms with E-state index in [9.17, 15) is 14.9 Å². The molecule has 18 heavy (non-hydrogen) atoms. The van der Waals surface area contributed by atoms with Crippen LogP contribution in [-0.2, 0) is 4.79 Å². The third kappa shape index (κ3) is 2.08. The van der Waals surface area contributed by atoms with Crippen molar-refractivity contribution in [2.75, 3.05) is 6.54 Å². The molecule has 0 aromatic carbocycles. The highest BCUT2D eigenvalue weighted by Gasteiger charge is 2.36. The number of furan rings is 1. The fourth-order valence-electron chi connectivity index (χ4n) is 2.31. The van der Waals surface area contributed by atoms with Gasteiger partial charge in [-0.25, -0.2) is 0 Å². The summed E-state index contributed by atoms with van der Waals surface area (Å²) in [5, 5.41) is 10.6. The Balaban J connectivity index is 2.32. The number of nitrogens with two attached hydrogens (primary N) is 1. The van der Waals surface area contributed by atoms with E-state index in [0.717, 1.165) is 0 Å². The SMILES string of the molecule is CCN1C(=O)CCC(N)C1c1ccc([N+](=O)[O-])o1. The van der Waals surface area contributed by atoms with Crippen LogP contribution in [0.4, 0.5) is 5.88 Å². The van der Waals surface area contributed by atoms with E-state index in [2.05, 4.69) is 0 Å². The van der Waals surface area contributed by atoms with Crippen LogP contribution in [0.25, 0.3) is 0 Å². The number of carbonyl (C=O) groups is 1. The molecule has 1 amide bonds. The van der Waals surface area contributed by atoms with Gasteiger partial charge in [0.2, 0.25) is 5.91 Å². The van der Waals surface area contributed by atoms with E-state index >= 15 is 0 Å². The highest BCUT2D eigenvalue weighted by molar-refractivity contribution is 5.77. The Hall–Kier alpha value is -1.89. The van der Waals surface area contributed by atoms with Crippen LogP contribution in [0.15, 0.2) is 16.5 Å². The number of hydrogen-bond donors (Lipinski definition) is 1. The third-order valence-corrected chi connectivity index (χ3v) is 3.18. The van der Waals surface area contributed by atoms with Crippen molar-refractivity contribution in [3.05, 3.63) is 28.0 Å². The Morgan fingerprint density at radius 1 is 1.61 bits per heavy atom. The zero-order chi connectivity index (χ0) is 13.3. The van der Waals surface area contributed by atoms with Gasteiger partial charge in [-0.1, -0.05) is 0 Å². The highest BCUT2D eigenvalue weighted by atomic mass is 16.6. The molecule has 98 valence electrons. The van der Waals surface area contributed by atoms with E-state index in [4.69, 9.17) is 10.2 Å². The molecule has 1 aromatic rings. The Kier molecular flexibility index (Phi) is 3.33. The average Bonchev–Trinajstić information content (AvgIpc) is 2.81. The Morgan fingerprint density at radius 3 is 2.89 bits per heavy atom. The van der Waals surface area contributed by atoms with Gasteiger partial charge in [-0.05, 0) is 19.4 Å². The first-order valence-corrected chi connectivity index (χ1v) is 5.83. The maximum atomic E-state index is 11.8. The number of hydrogen-bond acceptors (Lipinski definition) is 5. The van der Waals surface area contributed by atoms with E-state index in [1.165, 1.54) is 12.1 Å². The second-order valence-corrected chi connectivity index (χ2v) is 4.26. The second kappa shape index (κ2) is 4.77. The first-order chi connectivity index (χ1) is 8.54. The van der Waals surface area contributed by atoms with Crippen LogP contribution in [0.5, 0.6) is 0 Å². The van der Waals surface area contributed by atoms with Crippen molar-refractivity contribution in [3.63, 3.8) is 0 Å². The number of carbonyl (C=O) groups excluding carboxylic acids is 1. The lowest BCUT2D eigenvalue weighted by Gasteiger charge is -2.37. The number of piperidine rings is 1. The second-order valence-electron chi connectivity index (χ2n) is 4.26. The largest absolute Gasteiger partial charge is 0.433 e. The number of nitrogens with zero attached hydrogens (tertiary/aromatic N) is 2. The summed E-state index contributed by atoms with van der Waals surface area (Å²) >= 11 is 0. The number of amides is 1. The molecule has 0 saturated carbocycles. The zero-order valence-corrected chi connectivity index (χ0v) is 10.0. The maximum Gasteiger partial charge on any atom is 0.433 e. The molecular formula is C11H15N3O4. The van der Waals surface area contributed by atoms with Crippen molar-refractivity contribution in [2.24, 2.45) is 5.73 Å². The monoisotopic (exact) mass is 253 g/mol. The zero-order valence-electron chi connectivity index (χ0n) is 10.0. The Morgan fingerprint density at radius 2 is 2.33 bits per heavy atom. The fraction of sp³-hybridized carbons (Fsp3) is 0.545. The summed E-state index contributed by atoms with van der Waals surface area (Å²) in [6.07, 6.45) is 0.975. The van der Waals surface area contributed by atoms with Crippen molar-refractivity contribution in [1.82, 2.24) is 4.90 Å². The lowest BCUT2D eigenvalue weighted by Crippen LogP contribution is -2.48. The van der Waals surface area contributed by atoms with Gasteiger partial charge in [-0.3, -0.25) is 14.9 Å². The molecule has 0 radical (unpaired) electrons. The standard InChI is InChI=1S/C11H15N3O4/c1-2-13-9(15)5-3-7(12)11(13)8-4-6-10(18-8)14(16)17/h4,6-7,11H,2-3,5,12H2,1H3. The Labute approximate surface area is 104 Å². The summed E-state index contributed by atoms with van der Waals surface area (Å²) in [7, 11) is 0. The van der Waals surface area contributed by atoms with Gasteiger partial charge in [-0.15, -0.1) is 0 Å². The molecule has 1 aliphatic heterocycles. The normalized spacial score (nSPS) is 24.3. The number of likely N-dealkylation sites (N-methyl/N-ethyl adjacent to an activating group) is 1. The Bertz CT molecular complexity index is 471. The molecule has 1 fully saturated rings. The summed E-state index contributed by atoms with van der Waals surface area (Å²) in [6, 6.07) is 2.14. The summed E-state index contributed by atoms with van der Waals surface area (Å²) in [5.41, 5.74) is 6.00. The van der Waals surface area contributed by atoms with Crippen LogP contribution in [0.2, 0.25) is 0 Å². The van der Waals surface area contributed by atoms with Crippen LogP contribution in [-0.4, -0.2) is 28.3 Å². The summed E-state index contributed by atoms with van der Waals surface area (Å²) in [6.45, 7) is 2.35. The van der Waals surface area contributed by atoms with Gasteiger partial charge in [0, 0.05) is 19.0 Å². The van der Waals surface area contributed by atoms with Gasteiger partial charge in [0.15, 0.2) is 0 Å². The molecule has 2 atom stereocenters. The molecule has 1 saturated heterocycles. The minimum atomic E-state index is -0.601. The van der Waals surface area contributed by atoms with Crippen LogP contribution in [0.1, 0.15) is 31.6 Å². The molecular weight excluding hydrogens is 238 g/mol. The molecule has 2 rings (SSSR count). The summed E-state index contributed by atoms with van der Waals surface area (Å²) in [5.74, 6) is 0.0543. The van der Waals surface area contributed by atoms with Crippen LogP contribution in [0.3, 0.4) is 0 Å². The van der Waals surface area contributed by atoms with Crippen LogP contribution >= 0.6 is 0 Å². The van der Waals surface area contributed by atoms with Gasteiger partial charge in [0.25, 0.3) is 0 Å². The molecule has 2 heterocycles. The van der Waals surface area contributed by atoms with Crippen molar-refractivity contribution in [1.29, 1.82) is 0 Å². The first-order valence-electron chi connectivity index (χ1n) is 5.83. The number of likely N-dealkylation sites (tertiary alicyclic amines) is 1. The molecule has 2 N–H and O–H groups in total. The van der Waals surface area contributed by atoms with E-state index in [-0.39, 0.29) is 17.8 Å². The van der Waals surface area contributed by atoms with Gasteiger partial charge < -0.3 is 15.1 Å². The summed E-state index contributed by atoms with van der Waals surface area (Å²) in [4.78, 5) is 23.4. The molecule has 7 heteroatoms. The lowest BCUT2D eigenvalue weighted by molar-refractivity contribution is -0.402. The van der Waals surface area contributed by atoms with Gasteiger partial charge in [0.05, 0.1) is 6.07 Å². The topological polar surface area (TPSA) is 103 Å². The molecule has 2 unspecified atom stereocenters. The molecule has 0 aliphatic carbocycles. The van der Waals surface area contributed by atoms with Crippen molar-refractivity contribution < 1.29 is 14.1 Å². The highest BCUT2D eigenvalue weighted by Crippen LogP contribution is 2.33. The predicted octanol–water partition coefficient (Wildman–Crippen LogP) is 1.20. The van der Waals surface area contributed by atoms with Crippen molar-refractivity contribution in [3.8, 4) is 0 Å². The van der Waals surface area contributed by atoms with E-state index < -0.39 is 11.0 Å². The van der Waals surface area contributed by atoms with E-state index in [0.29, 0.717) is 25.1 Å². The fourth-order valence-corrected chi connectivity index (χ4v) is 2.31. The van der Waals surface area contributed by atoms with E-state index in [1.54, 1.807) is 4.90 Å². The summed E-state index contributed by atoms with van der Waals surface area (Å²) < 4.78 is 5.16. The smallest absolute Gasteiger partial charge is 0.404 e. The molecule has 7 nitrogen and oxygen atoms in total.